The maximum Gasteiger partial charge on any atom is 0.248 e. The van der Waals surface area contributed by atoms with Crippen LogP contribution in [0, 0.1) is 0 Å². The zero-order valence-corrected chi connectivity index (χ0v) is 14.1. The highest BCUT2D eigenvalue weighted by molar-refractivity contribution is 8.00. The number of thioether (sulfide) groups is 1. The molecule has 1 aromatic rings. The van der Waals surface area contributed by atoms with Gasteiger partial charge in [-0.15, -0.1) is 11.8 Å². The highest BCUT2D eigenvalue weighted by Gasteiger charge is 2.42. The van der Waals surface area contributed by atoms with Crippen molar-refractivity contribution in [3.63, 3.8) is 0 Å². The van der Waals surface area contributed by atoms with Gasteiger partial charge in [-0.05, 0) is 35.1 Å². The molecule has 1 amide bonds. The third-order valence-electron chi connectivity index (χ3n) is 4.31. The van der Waals surface area contributed by atoms with E-state index in [1.165, 1.54) is 16.0 Å². The summed E-state index contributed by atoms with van der Waals surface area (Å²) in [6.45, 7) is 13.4. The minimum absolute atomic E-state index is 0.0151. The molecule has 2 nitrogen and oxygen atoms in total. The van der Waals surface area contributed by atoms with Crippen LogP contribution in [0.1, 0.15) is 69.4 Å². The number of nitrogens with two attached hydrogens (primary N) is 1. The molecule has 110 valence electrons. The molecule has 0 saturated carbocycles. The van der Waals surface area contributed by atoms with Gasteiger partial charge in [0.25, 0.3) is 0 Å². The van der Waals surface area contributed by atoms with Gasteiger partial charge in [-0.1, -0.05) is 41.5 Å². The third kappa shape index (κ3) is 2.37. The highest BCUT2D eigenvalue weighted by atomic mass is 32.2. The largest absolute Gasteiger partial charge is 0.366 e. The molecule has 1 aliphatic rings. The summed E-state index contributed by atoms with van der Waals surface area (Å²) < 4.78 is 0. The number of carbonyl (C=O) groups is 1. The Morgan fingerprint density at radius 1 is 1.35 bits per heavy atom. The first-order valence-corrected chi connectivity index (χ1v) is 8.12. The molecular formula is C17H25NOS. The van der Waals surface area contributed by atoms with Crippen molar-refractivity contribution in [2.24, 2.45) is 5.73 Å². The molecule has 2 rings (SSSR count). The Kier molecular flexibility index (Phi) is 3.70. The van der Waals surface area contributed by atoms with E-state index in [1.807, 2.05) is 23.9 Å². The van der Waals surface area contributed by atoms with Crippen molar-refractivity contribution >= 4 is 17.7 Å². The van der Waals surface area contributed by atoms with E-state index in [2.05, 4.69) is 41.5 Å². The van der Waals surface area contributed by atoms with Gasteiger partial charge in [0.05, 0.1) is 0 Å². The van der Waals surface area contributed by atoms with Gasteiger partial charge in [-0.2, -0.15) is 0 Å². The Morgan fingerprint density at radius 3 is 2.40 bits per heavy atom. The van der Waals surface area contributed by atoms with Gasteiger partial charge in [0.15, 0.2) is 0 Å². The fourth-order valence-electron chi connectivity index (χ4n) is 2.99. The van der Waals surface area contributed by atoms with Gasteiger partial charge in [-0.25, -0.2) is 0 Å². The molecule has 0 fully saturated rings. The summed E-state index contributed by atoms with van der Waals surface area (Å²) in [6.07, 6.45) is 1.13. The highest BCUT2D eigenvalue weighted by Crippen LogP contribution is 2.53. The zero-order valence-electron chi connectivity index (χ0n) is 13.3. The fourth-order valence-corrected chi connectivity index (χ4v) is 4.80. The Balaban J connectivity index is 2.72. The Morgan fingerprint density at radius 2 is 1.95 bits per heavy atom. The van der Waals surface area contributed by atoms with Gasteiger partial charge >= 0.3 is 0 Å². The maximum absolute atomic E-state index is 11.7. The Bertz CT molecular complexity index is 555. The minimum Gasteiger partial charge on any atom is -0.366 e. The second kappa shape index (κ2) is 4.80. The summed E-state index contributed by atoms with van der Waals surface area (Å²) >= 11 is 1.96. The maximum atomic E-state index is 11.7. The van der Waals surface area contributed by atoms with Crippen molar-refractivity contribution in [2.45, 2.75) is 68.9 Å². The fraction of sp³-hybridized carbons (Fsp3) is 0.588. The summed E-state index contributed by atoms with van der Waals surface area (Å²) in [5.74, 6) is -0.334. The number of fused-ring (bicyclic) bond motifs is 1. The number of amides is 1. The molecule has 3 heteroatoms. The standard InChI is InChI=1S/C17H25NOS/c1-7-13-17(5,6)12-9-10(15(18)19)8-11(14(12)20-13)16(2,3)4/h8-9,13H,7H2,1-6H3,(H2,18,19). The van der Waals surface area contributed by atoms with E-state index in [1.54, 1.807) is 0 Å². The molecule has 0 saturated heterocycles. The van der Waals surface area contributed by atoms with Crippen LogP contribution >= 0.6 is 11.8 Å². The minimum atomic E-state index is -0.334. The van der Waals surface area contributed by atoms with Crippen LogP contribution in [-0.4, -0.2) is 11.2 Å². The number of carbonyl (C=O) groups excluding carboxylic acids is 1. The second-order valence-corrected chi connectivity index (χ2v) is 8.46. The molecule has 1 unspecified atom stereocenters. The number of hydrogen-bond donors (Lipinski definition) is 1. The number of hydrogen-bond acceptors (Lipinski definition) is 2. The van der Waals surface area contributed by atoms with E-state index in [4.69, 9.17) is 5.73 Å². The van der Waals surface area contributed by atoms with Crippen LogP contribution in [0.3, 0.4) is 0 Å². The predicted octanol–water partition coefficient (Wildman–Crippen LogP) is 4.24. The summed E-state index contributed by atoms with van der Waals surface area (Å²) in [4.78, 5) is 13.0. The van der Waals surface area contributed by atoms with Gasteiger partial charge in [0.1, 0.15) is 0 Å². The zero-order chi connectivity index (χ0) is 15.3. The van der Waals surface area contributed by atoms with E-state index in [0.717, 1.165) is 6.42 Å². The third-order valence-corrected chi connectivity index (χ3v) is 6.19. The lowest BCUT2D eigenvalue weighted by Gasteiger charge is -2.27. The molecule has 0 bridgehead atoms. The number of rotatable bonds is 2. The van der Waals surface area contributed by atoms with Gasteiger partial charge in [-0.3, -0.25) is 4.79 Å². The number of benzene rings is 1. The number of primary amides is 1. The Hall–Kier alpha value is -0.960. The predicted molar refractivity (Wildman–Crippen MR) is 86.6 cm³/mol. The van der Waals surface area contributed by atoms with E-state index in [0.29, 0.717) is 10.8 Å². The molecule has 1 aromatic carbocycles. The van der Waals surface area contributed by atoms with Crippen molar-refractivity contribution in [3.05, 3.63) is 28.8 Å². The molecular weight excluding hydrogens is 266 g/mol. The lowest BCUT2D eigenvalue weighted by Crippen LogP contribution is -2.27. The lowest BCUT2D eigenvalue weighted by atomic mass is 9.76. The monoisotopic (exact) mass is 291 g/mol. The Labute approximate surface area is 126 Å². The molecule has 2 N–H and O–H groups in total. The van der Waals surface area contributed by atoms with E-state index < -0.39 is 0 Å². The first-order valence-electron chi connectivity index (χ1n) is 7.24. The molecule has 0 aromatic heterocycles. The van der Waals surface area contributed by atoms with Crippen LogP contribution in [0.25, 0.3) is 0 Å². The molecule has 0 aliphatic carbocycles. The summed E-state index contributed by atoms with van der Waals surface area (Å²) in [5.41, 5.74) is 8.80. The smallest absolute Gasteiger partial charge is 0.248 e. The molecule has 20 heavy (non-hydrogen) atoms. The van der Waals surface area contributed by atoms with Crippen LogP contribution in [0.5, 0.6) is 0 Å². The topological polar surface area (TPSA) is 43.1 Å². The van der Waals surface area contributed by atoms with E-state index in [-0.39, 0.29) is 16.7 Å². The van der Waals surface area contributed by atoms with Crippen LogP contribution in [0.15, 0.2) is 17.0 Å². The van der Waals surface area contributed by atoms with E-state index in [9.17, 15) is 4.79 Å². The quantitative estimate of drug-likeness (QED) is 0.885. The van der Waals surface area contributed by atoms with Gasteiger partial charge < -0.3 is 5.73 Å². The molecule has 0 spiro atoms. The van der Waals surface area contributed by atoms with E-state index >= 15 is 0 Å². The molecule has 0 radical (unpaired) electrons. The molecule has 1 atom stereocenters. The van der Waals surface area contributed by atoms with Crippen molar-refractivity contribution < 1.29 is 4.79 Å². The van der Waals surface area contributed by atoms with Crippen LogP contribution in [0.2, 0.25) is 0 Å². The average Bonchev–Trinajstić information content (AvgIpc) is 2.58. The van der Waals surface area contributed by atoms with Crippen LogP contribution in [-0.2, 0) is 10.8 Å². The molecule has 1 heterocycles. The van der Waals surface area contributed by atoms with Crippen molar-refractivity contribution in [1.82, 2.24) is 0 Å². The summed E-state index contributed by atoms with van der Waals surface area (Å²) in [5, 5.41) is 0.557. The first kappa shape index (κ1) is 15.4. The summed E-state index contributed by atoms with van der Waals surface area (Å²) in [6, 6.07) is 4.00. The van der Waals surface area contributed by atoms with Crippen molar-refractivity contribution in [3.8, 4) is 0 Å². The SMILES string of the molecule is CCC1Sc2c(C(C)(C)C)cc(C(N)=O)cc2C1(C)C. The van der Waals surface area contributed by atoms with Gasteiger partial charge in [0.2, 0.25) is 5.91 Å². The second-order valence-electron chi connectivity index (χ2n) is 7.25. The normalized spacial score (nSPS) is 20.8. The van der Waals surface area contributed by atoms with Crippen LogP contribution < -0.4 is 5.73 Å². The molecule has 1 aliphatic heterocycles. The van der Waals surface area contributed by atoms with Crippen molar-refractivity contribution in [1.29, 1.82) is 0 Å². The average molecular weight is 291 g/mol. The summed E-state index contributed by atoms with van der Waals surface area (Å²) in [7, 11) is 0. The lowest BCUT2D eigenvalue weighted by molar-refractivity contribution is 0.1000. The first-order chi connectivity index (χ1) is 9.09. The van der Waals surface area contributed by atoms with Gasteiger partial charge in [0, 0.05) is 21.1 Å². The van der Waals surface area contributed by atoms with Crippen molar-refractivity contribution in [2.75, 3.05) is 0 Å². The van der Waals surface area contributed by atoms with Crippen LogP contribution in [0.4, 0.5) is 0 Å².